The molecule has 0 unspecified atom stereocenters. The van der Waals surface area contributed by atoms with Crippen LogP contribution in [-0.2, 0) is 7.05 Å². The number of benzene rings is 1. The highest BCUT2D eigenvalue weighted by Gasteiger charge is 2.11. The van der Waals surface area contributed by atoms with Gasteiger partial charge in [0, 0.05) is 30.9 Å². The number of anilines is 3. The van der Waals surface area contributed by atoms with E-state index in [4.69, 9.17) is 5.73 Å². The second kappa shape index (κ2) is 4.44. The Kier molecular flexibility index (Phi) is 2.74. The predicted molar refractivity (Wildman–Crippen MR) is 77.8 cm³/mol. The number of aromatic nitrogens is 5. The number of nitrogens with zero attached hydrogens (tertiary/aromatic N) is 6. The quantitative estimate of drug-likeness (QED) is 0.757. The van der Waals surface area contributed by atoms with E-state index in [1.54, 1.807) is 0 Å². The molecule has 2 heterocycles. The SMILES string of the molecule is Cc1c2ccc(N(C)c3ncnc(N)n3)cc2nn1C. The monoisotopic (exact) mass is 269 g/mol. The van der Waals surface area contributed by atoms with E-state index < -0.39 is 0 Å². The smallest absolute Gasteiger partial charge is 0.234 e. The van der Waals surface area contributed by atoms with Crippen molar-refractivity contribution < 1.29 is 0 Å². The normalized spacial score (nSPS) is 10.9. The minimum absolute atomic E-state index is 0.205. The van der Waals surface area contributed by atoms with Gasteiger partial charge in [0.05, 0.1) is 5.52 Å². The first kappa shape index (κ1) is 12.3. The molecule has 0 amide bonds. The maximum atomic E-state index is 5.58. The van der Waals surface area contributed by atoms with Gasteiger partial charge in [-0.05, 0) is 25.1 Å². The average Bonchev–Trinajstić information content (AvgIpc) is 2.73. The Morgan fingerprint density at radius 3 is 2.80 bits per heavy atom. The first-order chi connectivity index (χ1) is 9.56. The van der Waals surface area contributed by atoms with Crippen LogP contribution in [0.25, 0.3) is 10.9 Å². The van der Waals surface area contributed by atoms with Gasteiger partial charge in [0.1, 0.15) is 6.33 Å². The zero-order chi connectivity index (χ0) is 14.3. The molecule has 0 saturated carbocycles. The highest BCUT2D eigenvalue weighted by molar-refractivity contribution is 5.85. The third-order valence-corrected chi connectivity index (χ3v) is 3.38. The summed E-state index contributed by atoms with van der Waals surface area (Å²) >= 11 is 0. The van der Waals surface area contributed by atoms with Gasteiger partial charge in [0.25, 0.3) is 0 Å². The van der Waals surface area contributed by atoms with Crippen molar-refractivity contribution in [3.8, 4) is 0 Å². The summed E-state index contributed by atoms with van der Waals surface area (Å²) in [5.74, 6) is 0.709. The Labute approximate surface area is 116 Å². The zero-order valence-electron chi connectivity index (χ0n) is 11.6. The maximum absolute atomic E-state index is 5.58. The second-order valence-corrected chi connectivity index (χ2v) is 4.61. The van der Waals surface area contributed by atoms with Crippen molar-refractivity contribution in [1.82, 2.24) is 24.7 Å². The summed E-state index contributed by atoms with van der Waals surface area (Å²) < 4.78 is 1.87. The third kappa shape index (κ3) is 1.93. The molecule has 0 spiro atoms. The number of aryl methyl sites for hydroxylation is 2. The molecule has 2 aromatic heterocycles. The van der Waals surface area contributed by atoms with Gasteiger partial charge in [-0.1, -0.05) is 0 Å². The van der Waals surface area contributed by atoms with E-state index in [1.807, 2.05) is 48.8 Å². The summed E-state index contributed by atoms with van der Waals surface area (Å²) in [4.78, 5) is 13.9. The van der Waals surface area contributed by atoms with Gasteiger partial charge in [-0.25, -0.2) is 9.97 Å². The first-order valence-corrected chi connectivity index (χ1v) is 6.18. The molecule has 0 aliphatic heterocycles. The van der Waals surface area contributed by atoms with Crippen LogP contribution in [0.1, 0.15) is 5.69 Å². The van der Waals surface area contributed by atoms with Gasteiger partial charge in [0.15, 0.2) is 0 Å². The molecule has 0 aliphatic rings. The Bertz CT molecular complexity index is 777. The van der Waals surface area contributed by atoms with Crippen LogP contribution in [-0.4, -0.2) is 31.8 Å². The van der Waals surface area contributed by atoms with Crippen molar-refractivity contribution >= 4 is 28.5 Å². The lowest BCUT2D eigenvalue weighted by molar-refractivity contribution is 0.751. The number of nitrogens with two attached hydrogens (primary N) is 1. The van der Waals surface area contributed by atoms with E-state index >= 15 is 0 Å². The minimum atomic E-state index is 0.205. The Hall–Kier alpha value is -2.70. The van der Waals surface area contributed by atoms with Crippen molar-refractivity contribution in [2.24, 2.45) is 7.05 Å². The summed E-state index contributed by atoms with van der Waals surface area (Å²) in [6.07, 6.45) is 1.40. The van der Waals surface area contributed by atoms with Crippen LogP contribution in [0.4, 0.5) is 17.6 Å². The van der Waals surface area contributed by atoms with Gasteiger partial charge < -0.3 is 10.6 Å². The molecule has 0 aliphatic carbocycles. The van der Waals surface area contributed by atoms with E-state index in [0.29, 0.717) is 5.95 Å². The van der Waals surface area contributed by atoms with E-state index in [1.165, 1.54) is 6.33 Å². The van der Waals surface area contributed by atoms with Gasteiger partial charge in [0.2, 0.25) is 11.9 Å². The van der Waals surface area contributed by atoms with E-state index in [2.05, 4.69) is 20.1 Å². The van der Waals surface area contributed by atoms with Crippen LogP contribution in [0.5, 0.6) is 0 Å². The molecule has 0 bridgehead atoms. The molecule has 1 aromatic carbocycles. The molecule has 20 heavy (non-hydrogen) atoms. The molecular formula is C13H15N7. The number of rotatable bonds is 2. The lowest BCUT2D eigenvalue weighted by Gasteiger charge is -2.16. The Balaban J connectivity index is 2.05. The summed E-state index contributed by atoms with van der Waals surface area (Å²) in [5.41, 5.74) is 8.61. The highest BCUT2D eigenvalue weighted by Crippen LogP contribution is 2.25. The van der Waals surface area contributed by atoms with Crippen molar-refractivity contribution in [2.45, 2.75) is 6.92 Å². The highest BCUT2D eigenvalue weighted by atomic mass is 15.3. The zero-order valence-corrected chi connectivity index (χ0v) is 11.6. The van der Waals surface area contributed by atoms with Crippen LogP contribution in [0.2, 0.25) is 0 Å². The van der Waals surface area contributed by atoms with Crippen molar-refractivity contribution in [1.29, 1.82) is 0 Å². The molecule has 3 aromatic rings. The molecule has 0 saturated heterocycles. The van der Waals surface area contributed by atoms with Gasteiger partial charge in [-0.15, -0.1) is 0 Å². The van der Waals surface area contributed by atoms with Crippen molar-refractivity contribution in [3.05, 3.63) is 30.2 Å². The van der Waals surface area contributed by atoms with E-state index in [0.717, 1.165) is 22.3 Å². The Morgan fingerprint density at radius 2 is 2.05 bits per heavy atom. The standard InChI is InChI=1S/C13H15N7/c1-8-10-5-4-9(6-11(10)18-20(8)3)19(2)13-16-7-15-12(14)17-13/h4-7H,1-3H3,(H2,14,15,16,17). The lowest BCUT2D eigenvalue weighted by atomic mass is 10.2. The minimum Gasteiger partial charge on any atom is -0.368 e. The van der Waals surface area contributed by atoms with Crippen LogP contribution < -0.4 is 10.6 Å². The van der Waals surface area contributed by atoms with E-state index in [-0.39, 0.29) is 5.95 Å². The molecule has 7 heteroatoms. The van der Waals surface area contributed by atoms with Crippen LogP contribution in [0.15, 0.2) is 24.5 Å². The Morgan fingerprint density at radius 1 is 1.25 bits per heavy atom. The van der Waals surface area contributed by atoms with Crippen molar-refractivity contribution in [2.75, 3.05) is 17.7 Å². The van der Waals surface area contributed by atoms with Gasteiger partial charge in [-0.2, -0.15) is 10.1 Å². The fourth-order valence-corrected chi connectivity index (χ4v) is 2.11. The van der Waals surface area contributed by atoms with E-state index in [9.17, 15) is 0 Å². The summed E-state index contributed by atoms with van der Waals surface area (Å²) in [5, 5.41) is 5.62. The molecule has 7 nitrogen and oxygen atoms in total. The molecule has 0 radical (unpaired) electrons. The molecule has 0 atom stereocenters. The molecule has 2 N–H and O–H groups in total. The lowest BCUT2D eigenvalue weighted by Crippen LogP contribution is -2.14. The fraction of sp³-hybridized carbons (Fsp3) is 0.231. The largest absolute Gasteiger partial charge is 0.368 e. The predicted octanol–water partition coefficient (Wildman–Crippen LogP) is 1.42. The van der Waals surface area contributed by atoms with Crippen LogP contribution in [0, 0.1) is 6.92 Å². The number of hydrogen-bond donors (Lipinski definition) is 1. The molecular weight excluding hydrogens is 254 g/mol. The summed E-state index contributed by atoms with van der Waals surface area (Å²) in [7, 11) is 3.82. The molecule has 3 rings (SSSR count). The number of fused-ring (bicyclic) bond motifs is 1. The summed E-state index contributed by atoms with van der Waals surface area (Å²) in [6, 6.07) is 6.06. The second-order valence-electron chi connectivity index (χ2n) is 4.61. The van der Waals surface area contributed by atoms with Crippen molar-refractivity contribution in [3.63, 3.8) is 0 Å². The molecule has 102 valence electrons. The molecule has 0 fully saturated rings. The topological polar surface area (TPSA) is 85.8 Å². The summed E-state index contributed by atoms with van der Waals surface area (Å²) in [6.45, 7) is 2.05. The maximum Gasteiger partial charge on any atom is 0.234 e. The third-order valence-electron chi connectivity index (χ3n) is 3.38. The average molecular weight is 269 g/mol. The van der Waals surface area contributed by atoms with Crippen LogP contribution in [0.3, 0.4) is 0 Å². The van der Waals surface area contributed by atoms with Gasteiger partial charge in [-0.3, -0.25) is 4.68 Å². The van der Waals surface area contributed by atoms with Crippen LogP contribution >= 0.6 is 0 Å². The number of nitrogen functional groups attached to an aromatic ring is 1. The number of hydrogen-bond acceptors (Lipinski definition) is 6. The fourth-order valence-electron chi connectivity index (χ4n) is 2.11. The van der Waals surface area contributed by atoms with Gasteiger partial charge >= 0.3 is 0 Å². The first-order valence-electron chi connectivity index (χ1n) is 6.18.